The predicted octanol–water partition coefficient (Wildman–Crippen LogP) is 3.86. The molecule has 0 bridgehead atoms. The van der Waals surface area contributed by atoms with Gasteiger partial charge in [-0.3, -0.25) is 4.98 Å². The number of hydrogen-bond donors (Lipinski definition) is 0. The Morgan fingerprint density at radius 3 is 2.20 bits per heavy atom. The van der Waals surface area contributed by atoms with Crippen molar-refractivity contribution in [2.24, 2.45) is 0 Å². The molecule has 1 aromatic heterocycles. The van der Waals surface area contributed by atoms with Crippen molar-refractivity contribution in [2.75, 3.05) is 38.0 Å². The highest BCUT2D eigenvalue weighted by Crippen LogP contribution is 2.23. The number of rotatable bonds is 2. The molecule has 106 valence electrons. The third-order valence-corrected chi connectivity index (χ3v) is 4.02. The van der Waals surface area contributed by atoms with E-state index in [1.165, 1.54) is 16.1 Å². The van der Waals surface area contributed by atoms with Crippen LogP contribution in [0.25, 0.3) is 10.2 Å². The molecule has 0 unspecified atom stereocenters. The van der Waals surface area contributed by atoms with E-state index in [-0.39, 0.29) is 0 Å². The lowest BCUT2D eigenvalue weighted by Gasteiger charge is -2.12. The standard InChI is InChI=1S/C16H21N3S/c1-12-6-7-14(19(4)5)11-20-16-10-13(18(2)3)8-9-15(16)17-12/h6-11H,1-5H3. The third kappa shape index (κ3) is 3.39. The predicted molar refractivity (Wildman–Crippen MR) is 90.6 cm³/mol. The molecule has 0 saturated carbocycles. The molecule has 0 N–H and O–H groups in total. The maximum Gasteiger partial charge on any atom is 0.0806 e. The van der Waals surface area contributed by atoms with Gasteiger partial charge in [-0.2, -0.15) is 0 Å². The van der Waals surface area contributed by atoms with Crippen molar-refractivity contribution in [3.05, 3.63) is 41.4 Å². The van der Waals surface area contributed by atoms with Crippen LogP contribution in [0.1, 0.15) is 5.69 Å². The molecule has 2 aromatic rings. The van der Waals surface area contributed by atoms with Gasteiger partial charge in [-0.25, -0.2) is 0 Å². The second-order valence-electron chi connectivity index (χ2n) is 5.19. The number of nitrogens with zero attached hydrogens (tertiary/aromatic N) is 3. The molecule has 20 heavy (non-hydrogen) atoms. The molecule has 1 heterocycles. The van der Waals surface area contributed by atoms with Crippen LogP contribution in [0.3, 0.4) is 0 Å². The Kier molecular flexibility index (Phi) is 4.45. The molecule has 1 aromatic carbocycles. The second-order valence-corrected chi connectivity index (χ2v) is 6.10. The minimum Gasteiger partial charge on any atom is -0.378 e. The molecule has 0 amide bonds. The lowest BCUT2D eigenvalue weighted by molar-refractivity contribution is 1.13. The summed E-state index contributed by atoms with van der Waals surface area (Å²) in [6, 6.07) is 10.5. The first-order valence-corrected chi connectivity index (χ1v) is 7.44. The summed E-state index contributed by atoms with van der Waals surface area (Å²) in [6.07, 6.45) is 0. The van der Waals surface area contributed by atoms with E-state index in [9.17, 15) is 0 Å². The summed E-state index contributed by atoms with van der Waals surface area (Å²) < 4.78 is 1.18. The van der Waals surface area contributed by atoms with Gasteiger partial charge in [0.2, 0.25) is 0 Å². The number of hydrogen-bond acceptors (Lipinski definition) is 4. The topological polar surface area (TPSA) is 19.4 Å². The van der Waals surface area contributed by atoms with Crippen LogP contribution in [0.15, 0.2) is 35.7 Å². The lowest BCUT2D eigenvalue weighted by atomic mass is 10.3. The number of anilines is 2. The Hall–Kier alpha value is -1.81. The summed E-state index contributed by atoms with van der Waals surface area (Å²) in [4.78, 5) is 8.91. The average Bonchev–Trinajstić information content (AvgIpc) is 2.46. The van der Waals surface area contributed by atoms with Crippen LogP contribution in [0.4, 0.5) is 11.4 Å². The van der Waals surface area contributed by atoms with Crippen molar-refractivity contribution >= 4 is 32.9 Å². The van der Waals surface area contributed by atoms with E-state index in [4.69, 9.17) is 4.98 Å². The molecule has 0 saturated heterocycles. The fourth-order valence-corrected chi connectivity index (χ4v) is 2.78. The van der Waals surface area contributed by atoms with E-state index in [2.05, 4.69) is 73.7 Å². The molecule has 0 spiro atoms. The van der Waals surface area contributed by atoms with Gasteiger partial charge in [0.25, 0.3) is 0 Å². The van der Waals surface area contributed by atoms with E-state index in [1.807, 2.05) is 6.92 Å². The van der Waals surface area contributed by atoms with E-state index >= 15 is 0 Å². The average molecular weight is 287 g/mol. The Morgan fingerprint density at radius 1 is 0.900 bits per heavy atom. The Balaban J connectivity index is 2.75. The van der Waals surface area contributed by atoms with Crippen molar-refractivity contribution < 1.29 is 0 Å². The zero-order valence-corrected chi connectivity index (χ0v) is 13.5. The number of fused-ring (bicyclic) bond motifs is 1. The number of aromatic nitrogens is 1. The van der Waals surface area contributed by atoms with Crippen LogP contribution < -0.4 is 9.80 Å². The van der Waals surface area contributed by atoms with Gasteiger partial charge in [0, 0.05) is 50.6 Å². The summed E-state index contributed by atoms with van der Waals surface area (Å²) in [7, 11) is 8.22. The van der Waals surface area contributed by atoms with Gasteiger partial charge >= 0.3 is 0 Å². The monoisotopic (exact) mass is 287 g/mol. The number of benzene rings is 1. The Labute approximate surface area is 124 Å². The molecule has 3 nitrogen and oxygen atoms in total. The fourth-order valence-electron chi connectivity index (χ4n) is 1.82. The van der Waals surface area contributed by atoms with Gasteiger partial charge in [-0.05, 0) is 37.3 Å². The van der Waals surface area contributed by atoms with Crippen LogP contribution in [-0.4, -0.2) is 33.2 Å². The summed E-state index contributed by atoms with van der Waals surface area (Å²) in [5, 5.41) is 2.17. The largest absolute Gasteiger partial charge is 0.378 e. The van der Waals surface area contributed by atoms with Gasteiger partial charge in [-0.1, -0.05) is 0 Å². The van der Waals surface area contributed by atoms with E-state index in [0.29, 0.717) is 0 Å². The minimum atomic E-state index is 1.01. The Bertz CT molecular complexity index is 658. The minimum absolute atomic E-state index is 1.01. The van der Waals surface area contributed by atoms with Gasteiger partial charge < -0.3 is 9.80 Å². The molecule has 0 aliphatic carbocycles. The summed E-state index contributed by atoms with van der Waals surface area (Å²) in [5.74, 6) is 0. The first kappa shape index (κ1) is 14.6. The van der Waals surface area contributed by atoms with Crippen LogP contribution >= 0.6 is 11.3 Å². The van der Waals surface area contributed by atoms with E-state index < -0.39 is 0 Å². The highest BCUT2D eigenvalue weighted by Gasteiger charge is 1.99. The van der Waals surface area contributed by atoms with E-state index in [0.717, 1.165) is 11.2 Å². The van der Waals surface area contributed by atoms with Gasteiger partial charge in [-0.15, -0.1) is 11.3 Å². The zero-order chi connectivity index (χ0) is 14.7. The van der Waals surface area contributed by atoms with Crippen molar-refractivity contribution in [3.63, 3.8) is 0 Å². The van der Waals surface area contributed by atoms with Crippen molar-refractivity contribution in [3.8, 4) is 0 Å². The molecular weight excluding hydrogens is 266 g/mol. The highest BCUT2D eigenvalue weighted by atomic mass is 32.1. The van der Waals surface area contributed by atoms with Crippen LogP contribution in [0, 0.1) is 6.92 Å². The Morgan fingerprint density at radius 2 is 1.55 bits per heavy atom. The van der Waals surface area contributed by atoms with Crippen molar-refractivity contribution in [1.29, 1.82) is 0 Å². The normalized spacial score (nSPS) is 10.2. The molecule has 0 aliphatic rings. The molecule has 0 atom stereocenters. The van der Waals surface area contributed by atoms with Crippen LogP contribution in [-0.2, 0) is 0 Å². The highest BCUT2D eigenvalue weighted by molar-refractivity contribution is 7.16. The summed E-state index contributed by atoms with van der Waals surface area (Å²) in [5.41, 5.74) is 4.40. The first-order valence-electron chi connectivity index (χ1n) is 6.56. The maximum atomic E-state index is 4.69. The molecule has 0 radical (unpaired) electrons. The number of aryl methyl sites for hydroxylation is 1. The van der Waals surface area contributed by atoms with E-state index in [1.54, 1.807) is 11.3 Å². The van der Waals surface area contributed by atoms with Crippen molar-refractivity contribution in [2.45, 2.75) is 6.92 Å². The smallest absolute Gasteiger partial charge is 0.0806 e. The second kappa shape index (κ2) is 6.09. The van der Waals surface area contributed by atoms with Crippen molar-refractivity contribution in [1.82, 2.24) is 4.98 Å². The van der Waals surface area contributed by atoms with Gasteiger partial charge in [0.05, 0.1) is 10.2 Å². The SMILES string of the molecule is Cc1ccc(N(C)C)csc2cc(N(C)C)ccc2n1. The third-order valence-electron chi connectivity index (χ3n) is 3.07. The molecule has 4 heteroatoms. The lowest BCUT2D eigenvalue weighted by Crippen LogP contribution is -2.07. The maximum absolute atomic E-state index is 4.69. The summed E-state index contributed by atoms with van der Waals surface area (Å²) in [6.45, 7) is 2.03. The quantitative estimate of drug-likeness (QED) is 0.836. The summed E-state index contributed by atoms with van der Waals surface area (Å²) >= 11 is 1.72. The zero-order valence-electron chi connectivity index (χ0n) is 12.7. The van der Waals surface area contributed by atoms with Gasteiger partial charge in [0.1, 0.15) is 0 Å². The fraction of sp³-hybridized carbons (Fsp3) is 0.312. The van der Waals surface area contributed by atoms with Crippen LogP contribution in [0.2, 0.25) is 0 Å². The molecule has 2 rings (SSSR count). The molecular formula is C16H21N3S. The molecule has 0 fully saturated rings. The molecule has 0 aliphatic heterocycles. The van der Waals surface area contributed by atoms with Crippen LogP contribution in [0.5, 0.6) is 0 Å². The van der Waals surface area contributed by atoms with Gasteiger partial charge in [0.15, 0.2) is 0 Å². The first-order chi connectivity index (χ1) is 9.47.